The Bertz CT molecular complexity index is 897. The summed E-state index contributed by atoms with van der Waals surface area (Å²) < 4.78 is 4.95. The van der Waals surface area contributed by atoms with Crippen molar-refractivity contribution in [3.05, 3.63) is 24.5 Å². The van der Waals surface area contributed by atoms with Gasteiger partial charge in [-0.3, -0.25) is 4.79 Å². The zero-order valence-corrected chi connectivity index (χ0v) is 13.4. The van der Waals surface area contributed by atoms with E-state index < -0.39 is 0 Å². The maximum atomic E-state index is 12.1. The fourth-order valence-corrected chi connectivity index (χ4v) is 2.82. The third kappa shape index (κ3) is 3.33. The van der Waals surface area contributed by atoms with E-state index in [-0.39, 0.29) is 23.4 Å². The molecule has 0 unspecified atom stereocenters. The van der Waals surface area contributed by atoms with Crippen molar-refractivity contribution in [3.8, 4) is 11.5 Å². The highest BCUT2D eigenvalue weighted by atomic mass is 32.2. The number of phenols is 1. The highest BCUT2D eigenvalue weighted by molar-refractivity contribution is 8.00. The molecule has 2 heterocycles. The average molecular weight is 346 g/mol. The van der Waals surface area contributed by atoms with Gasteiger partial charge >= 0.3 is 0 Å². The van der Waals surface area contributed by atoms with Crippen LogP contribution >= 0.6 is 11.8 Å². The summed E-state index contributed by atoms with van der Waals surface area (Å²) in [5, 5.41) is 12.9. The molecule has 0 saturated heterocycles. The molecule has 0 radical (unpaired) electrons. The number of thioether (sulfide) groups is 1. The number of anilines is 2. The van der Waals surface area contributed by atoms with E-state index in [2.05, 4.69) is 25.3 Å². The van der Waals surface area contributed by atoms with E-state index in [0.717, 1.165) is 0 Å². The fraction of sp³-hybridized carbons (Fsp3) is 0.143. The number of rotatable bonds is 5. The second kappa shape index (κ2) is 6.62. The minimum Gasteiger partial charge on any atom is -0.504 e. The molecule has 24 heavy (non-hydrogen) atoms. The van der Waals surface area contributed by atoms with E-state index in [9.17, 15) is 9.90 Å². The van der Waals surface area contributed by atoms with E-state index in [0.29, 0.717) is 27.6 Å². The minimum atomic E-state index is -0.255. The quantitative estimate of drug-likeness (QED) is 0.401. The Morgan fingerprint density at radius 1 is 1.46 bits per heavy atom. The zero-order valence-electron chi connectivity index (χ0n) is 12.6. The minimum absolute atomic E-state index is 0.0503. The van der Waals surface area contributed by atoms with E-state index in [4.69, 9.17) is 10.5 Å². The summed E-state index contributed by atoms with van der Waals surface area (Å²) in [5.74, 6) is 0.232. The van der Waals surface area contributed by atoms with Gasteiger partial charge < -0.3 is 25.9 Å². The van der Waals surface area contributed by atoms with E-state index in [1.165, 1.54) is 31.3 Å². The second-order valence-electron chi connectivity index (χ2n) is 4.71. The van der Waals surface area contributed by atoms with Gasteiger partial charge in [0.1, 0.15) is 10.5 Å². The van der Waals surface area contributed by atoms with Crippen LogP contribution in [0.5, 0.6) is 11.5 Å². The normalized spacial score (nSPS) is 10.7. The summed E-state index contributed by atoms with van der Waals surface area (Å²) >= 11 is 1.21. The molecule has 0 bridgehead atoms. The number of benzene rings is 1. The first-order valence-electron chi connectivity index (χ1n) is 6.83. The van der Waals surface area contributed by atoms with Crippen molar-refractivity contribution >= 4 is 40.5 Å². The van der Waals surface area contributed by atoms with Gasteiger partial charge in [0.2, 0.25) is 11.9 Å². The SMILES string of the molecule is COc1ccc(NC(=O)CSc2nc(N)nc3nc[nH]c23)cc1O. The summed E-state index contributed by atoms with van der Waals surface area (Å²) in [4.78, 5) is 27.1. The lowest BCUT2D eigenvalue weighted by molar-refractivity contribution is -0.113. The Kier molecular flexibility index (Phi) is 4.38. The molecule has 0 fully saturated rings. The smallest absolute Gasteiger partial charge is 0.234 e. The molecule has 0 aliphatic carbocycles. The number of carbonyl (C=O) groups is 1. The molecule has 2 aromatic heterocycles. The number of carbonyl (C=O) groups excluding carboxylic acids is 1. The van der Waals surface area contributed by atoms with Gasteiger partial charge in [0, 0.05) is 11.8 Å². The van der Waals surface area contributed by atoms with Gasteiger partial charge in [-0.05, 0) is 12.1 Å². The number of nitrogen functional groups attached to an aromatic ring is 1. The van der Waals surface area contributed by atoms with Gasteiger partial charge in [0.05, 0.1) is 19.2 Å². The molecular weight excluding hydrogens is 332 g/mol. The number of aromatic hydroxyl groups is 1. The molecule has 0 aliphatic rings. The number of phenolic OH excluding ortho intramolecular Hbond substituents is 1. The van der Waals surface area contributed by atoms with Gasteiger partial charge in [0.15, 0.2) is 17.1 Å². The Hall–Kier alpha value is -3.01. The van der Waals surface area contributed by atoms with Crippen LogP contribution in [0.4, 0.5) is 11.6 Å². The van der Waals surface area contributed by atoms with E-state index >= 15 is 0 Å². The number of ether oxygens (including phenoxy) is 1. The predicted molar refractivity (Wildman–Crippen MR) is 90.1 cm³/mol. The van der Waals surface area contributed by atoms with Crippen LogP contribution in [0, 0.1) is 0 Å². The third-order valence-electron chi connectivity index (χ3n) is 3.07. The van der Waals surface area contributed by atoms with Crippen molar-refractivity contribution in [2.75, 3.05) is 23.9 Å². The Labute approximate surface area is 140 Å². The average Bonchev–Trinajstić information content (AvgIpc) is 3.01. The lowest BCUT2D eigenvalue weighted by Gasteiger charge is -2.08. The molecule has 124 valence electrons. The molecule has 3 aromatic rings. The molecule has 5 N–H and O–H groups in total. The lowest BCUT2D eigenvalue weighted by atomic mass is 10.3. The van der Waals surface area contributed by atoms with Gasteiger partial charge in [-0.25, -0.2) is 9.97 Å². The van der Waals surface area contributed by atoms with Crippen LogP contribution in [0.1, 0.15) is 0 Å². The molecule has 1 amide bonds. The number of aromatic nitrogens is 4. The molecule has 0 aliphatic heterocycles. The van der Waals surface area contributed by atoms with Gasteiger partial charge in [-0.15, -0.1) is 0 Å². The second-order valence-corrected chi connectivity index (χ2v) is 5.68. The Morgan fingerprint density at radius 2 is 2.29 bits per heavy atom. The number of aromatic amines is 1. The van der Waals surface area contributed by atoms with Crippen molar-refractivity contribution in [1.82, 2.24) is 19.9 Å². The van der Waals surface area contributed by atoms with Gasteiger partial charge in [0.25, 0.3) is 0 Å². The number of hydrogen-bond acceptors (Lipinski definition) is 8. The molecule has 3 rings (SSSR count). The molecule has 10 heteroatoms. The monoisotopic (exact) mass is 346 g/mol. The summed E-state index contributed by atoms with van der Waals surface area (Å²) in [6, 6.07) is 4.62. The Balaban J connectivity index is 1.67. The number of methoxy groups -OCH3 is 1. The maximum Gasteiger partial charge on any atom is 0.234 e. The molecule has 1 aromatic carbocycles. The number of imidazole rings is 1. The topological polar surface area (TPSA) is 139 Å². The first-order chi connectivity index (χ1) is 11.6. The van der Waals surface area contributed by atoms with E-state index in [1.807, 2.05) is 0 Å². The van der Waals surface area contributed by atoms with Crippen LogP contribution in [0.25, 0.3) is 11.2 Å². The maximum absolute atomic E-state index is 12.1. The number of fused-ring (bicyclic) bond motifs is 1. The number of H-pyrrole nitrogens is 1. The van der Waals surface area contributed by atoms with Crippen molar-refractivity contribution < 1.29 is 14.6 Å². The highest BCUT2D eigenvalue weighted by Crippen LogP contribution is 2.29. The number of nitrogens with zero attached hydrogens (tertiary/aromatic N) is 3. The van der Waals surface area contributed by atoms with Gasteiger partial charge in [-0.2, -0.15) is 4.98 Å². The molecule has 0 saturated carbocycles. The zero-order chi connectivity index (χ0) is 17.1. The number of amides is 1. The van der Waals surface area contributed by atoms with Crippen LogP contribution in [0.2, 0.25) is 0 Å². The standard InChI is InChI=1S/C14H14N6O3S/c1-23-9-3-2-7(4-8(9)21)18-10(22)5-24-13-11-12(17-6-16-11)19-14(15)20-13/h2-4,6,21H,5H2,1H3,(H,18,22)(H3,15,16,17,19,20). The summed E-state index contributed by atoms with van der Waals surface area (Å²) in [6.45, 7) is 0. The first kappa shape index (κ1) is 15.9. The lowest BCUT2D eigenvalue weighted by Crippen LogP contribution is -2.14. The molecular formula is C14H14N6O3S. The van der Waals surface area contributed by atoms with E-state index in [1.54, 1.807) is 12.1 Å². The van der Waals surface area contributed by atoms with Crippen molar-refractivity contribution in [3.63, 3.8) is 0 Å². The van der Waals surface area contributed by atoms with Crippen LogP contribution < -0.4 is 15.8 Å². The number of nitrogens with one attached hydrogen (secondary N) is 2. The van der Waals surface area contributed by atoms with Crippen molar-refractivity contribution in [2.45, 2.75) is 5.03 Å². The van der Waals surface area contributed by atoms with Crippen LogP contribution in [-0.2, 0) is 4.79 Å². The third-order valence-corrected chi connectivity index (χ3v) is 4.05. The van der Waals surface area contributed by atoms with Gasteiger partial charge in [-0.1, -0.05) is 11.8 Å². The van der Waals surface area contributed by atoms with Crippen LogP contribution in [0.3, 0.4) is 0 Å². The van der Waals surface area contributed by atoms with Crippen LogP contribution in [0.15, 0.2) is 29.6 Å². The van der Waals surface area contributed by atoms with Crippen molar-refractivity contribution in [1.29, 1.82) is 0 Å². The first-order valence-corrected chi connectivity index (χ1v) is 7.81. The molecule has 9 nitrogen and oxygen atoms in total. The largest absolute Gasteiger partial charge is 0.504 e. The number of hydrogen-bond donors (Lipinski definition) is 4. The Morgan fingerprint density at radius 3 is 3.04 bits per heavy atom. The predicted octanol–water partition coefficient (Wildman–Crippen LogP) is 1.38. The fourth-order valence-electron chi connectivity index (χ4n) is 2.03. The summed E-state index contributed by atoms with van der Waals surface area (Å²) in [5.41, 5.74) is 7.17. The highest BCUT2D eigenvalue weighted by Gasteiger charge is 2.12. The summed E-state index contributed by atoms with van der Waals surface area (Å²) in [7, 11) is 1.45. The summed E-state index contributed by atoms with van der Waals surface area (Å²) in [6.07, 6.45) is 1.49. The van der Waals surface area contributed by atoms with Crippen LogP contribution in [-0.4, -0.2) is 43.8 Å². The molecule has 0 atom stereocenters. The molecule has 0 spiro atoms. The van der Waals surface area contributed by atoms with Crippen molar-refractivity contribution in [2.24, 2.45) is 0 Å². The number of nitrogens with two attached hydrogens (primary N) is 1.